The standard InChI is InChI=1S/C13H15NS/c14-8-7-13(5-6-13)11-9-15-12-4-2-1-3-10(11)12/h1-4,9H,5-8,14H2. The van der Waals surface area contributed by atoms with E-state index in [0.29, 0.717) is 5.41 Å². The minimum atomic E-state index is 0.439. The fourth-order valence-electron chi connectivity index (χ4n) is 2.47. The van der Waals surface area contributed by atoms with Gasteiger partial charge in [-0.2, -0.15) is 0 Å². The van der Waals surface area contributed by atoms with Gasteiger partial charge in [-0.05, 0) is 53.6 Å². The van der Waals surface area contributed by atoms with Gasteiger partial charge in [-0.25, -0.2) is 0 Å². The molecule has 0 bridgehead atoms. The molecule has 1 aliphatic rings. The van der Waals surface area contributed by atoms with Crippen molar-refractivity contribution < 1.29 is 0 Å². The highest BCUT2D eigenvalue weighted by molar-refractivity contribution is 7.17. The molecule has 0 unspecified atom stereocenters. The van der Waals surface area contributed by atoms with Crippen LogP contribution in [0.1, 0.15) is 24.8 Å². The molecule has 0 atom stereocenters. The van der Waals surface area contributed by atoms with E-state index < -0.39 is 0 Å². The Labute approximate surface area is 93.9 Å². The maximum absolute atomic E-state index is 5.71. The molecule has 1 aliphatic carbocycles. The molecular weight excluding hydrogens is 202 g/mol. The number of rotatable bonds is 3. The molecule has 0 spiro atoms. The molecule has 1 nitrogen and oxygen atoms in total. The summed E-state index contributed by atoms with van der Waals surface area (Å²) in [7, 11) is 0. The molecular formula is C13H15NS. The van der Waals surface area contributed by atoms with Gasteiger partial charge < -0.3 is 5.73 Å². The average Bonchev–Trinajstić information content (AvgIpc) is 2.91. The highest BCUT2D eigenvalue weighted by Crippen LogP contribution is 2.53. The second-order valence-corrected chi connectivity index (χ2v) is 5.38. The molecule has 0 saturated heterocycles. The third kappa shape index (κ3) is 1.40. The molecule has 2 N–H and O–H groups in total. The molecule has 0 aliphatic heterocycles. The zero-order valence-electron chi connectivity index (χ0n) is 8.70. The van der Waals surface area contributed by atoms with Gasteiger partial charge in [0.1, 0.15) is 0 Å². The van der Waals surface area contributed by atoms with E-state index >= 15 is 0 Å². The van der Waals surface area contributed by atoms with Crippen molar-refractivity contribution in [1.29, 1.82) is 0 Å². The lowest BCUT2D eigenvalue weighted by Gasteiger charge is -2.12. The normalized spacial score (nSPS) is 18.2. The lowest BCUT2D eigenvalue weighted by atomic mass is 9.92. The smallest absolute Gasteiger partial charge is 0.0345 e. The molecule has 2 heteroatoms. The van der Waals surface area contributed by atoms with Crippen molar-refractivity contribution in [3.8, 4) is 0 Å². The van der Waals surface area contributed by atoms with E-state index in [1.165, 1.54) is 22.9 Å². The largest absolute Gasteiger partial charge is 0.330 e. The molecule has 1 aromatic heterocycles. The molecule has 0 radical (unpaired) electrons. The van der Waals surface area contributed by atoms with Crippen molar-refractivity contribution in [2.24, 2.45) is 5.73 Å². The van der Waals surface area contributed by atoms with Gasteiger partial charge in [-0.15, -0.1) is 11.3 Å². The molecule has 2 aromatic rings. The van der Waals surface area contributed by atoms with Gasteiger partial charge in [0.15, 0.2) is 0 Å². The van der Waals surface area contributed by atoms with Crippen LogP contribution in [0.5, 0.6) is 0 Å². The van der Waals surface area contributed by atoms with Gasteiger partial charge in [-0.1, -0.05) is 18.2 Å². The van der Waals surface area contributed by atoms with E-state index in [1.807, 2.05) is 11.3 Å². The summed E-state index contributed by atoms with van der Waals surface area (Å²) in [5, 5.41) is 3.79. The van der Waals surface area contributed by atoms with E-state index in [0.717, 1.165) is 13.0 Å². The van der Waals surface area contributed by atoms with Crippen molar-refractivity contribution in [2.75, 3.05) is 6.54 Å². The first-order valence-electron chi connectivity index (χ1n) is 5.52. The maximum atomic E-state index is 5.71. The van der Waals surface area contributed by atoms with E-state index in [-0.39, 0.29) is 0 Å². The Morgan fingerprint density at radius 3 is 2.80 bits per heavy atom. The lowest BCUT2D eigenvalue weighted by Crippen LogP contribution is -2.12. The SMILES string of the molecule is NCCC1(c2csc3ccccc23)CC1. The Hall–Kier alpha value is -0.860. The number of nitrogens with two attached hydrogens (primary N) is 1. The topological polar surface area (TPSA) is 26.0 Å². The van der Waals surface area contributed by atoms with Gasteiger partial charge in [0.25, 0.3) is 0 Å². The van der Waals surface area contributed by atoms with E-state index in [1.54, 1.807) is 5.56 Å². The van der Waals surface area contributed by atoms with Gasteiger partial charge in [0, 0.05) is 4.70 Å². The molecule has 1 fully saturated rings. The lowest BCUT2D eigenvalue weighted by molar-refractivity contribution is 0.635. The fraction of sp³-hybridized carbons (Fsp3) is 0.385. The van der Waals surface area contributed by atoms with Crippen molar-refractivity contribution >= 4 is 21.4 Å². The van der Waals surface area contributed by atoms with Gasteiger partial charge in [0.05, 0.1) is 0 Å². The molecule has 1 heterocycles. The number of benzene rings is 1. The fourth-order valence-corrected chi connectivity index (χ4v) is 3.55. The summed E-state index contributed by atoms with van der Waals surface area (Å²) in [4.78, 5) is 0. The molecule has 3 rings (SSSR count). The molecule has 1 saturated carbocycles. The second kappa shape index (κ2) is 3.32. The van der Waals surface area contributed by atoms with Crippen LogP contribution in [-0.4, -0.2) is 6.54 Å². The number of hydrogen-bond acceptors (Lipinski definition) is 2. The van der Waals surface area contributed by atoms with Crippen LogP contribution in [0, 0.1) is 0 Å². The first kappa shape index (κ1) is 9.37. The highest BCUT2D eigenvalue weighted by Gasteiger charge is 2.44. The van der Waals surface area contributed by atoms with Crippen molar-refractivity contribution in [2.45, 2.75) is 24.7 Å². The summed E-state index contributed by atoms with van der Waals surface area (Å²) in [5.41, 5.74) is 7.70. The summed E-state index contributed by atoms with van der Waals surface area (Å²) in [6.07, 6.45) is 3.80. The first-order chi connectivity index (χ1) is 7.36. The Bertz CT molecular complexity index is 482. The van der Waals surface area contributed by atoms with Crippen molar-refractivity contribution in [3.63, 3.8) is 0 Å². The number of thiophene rings is 1. The van der Waals surface area contributed by atoms with E-state index in [4.69, 9.17) is 5.73 Å². The van der Waals surface area contributed by atoms with Crippen LogP contribution in [-0.2, 0) is 5.41 Å². The Kier molecular flexibility index (Phi) is 2.08. The van der Waals surface area contributed by atoms with Crippen LogP contribution in [0.3, 0.4) is 0 Å². The summed E-state index contributed by atoms with van der Waals surface area (Å²) < 4.78 is 1.41. The zero-order chi connectivity index (χ0) is 10.3. The Morgan fingerprint density at radius 1 is 1.27 bits per heavy atom. The van der Waals surface area contributed by atoms with E-state index in [9.17, 15) is 0 Å². The minimum Gasteiger partial charge on any atom is -0.330 e. The van der Waals surface area contributed by atoms with Gasteiger partial charge in [-0.3, -0.25) is 0 Å². The summed E-state index contributed by atoms with van der Waals surface area (Å²) in [6.45, 7) is 0.810. The van der Waals surface area contributed by atoms with Crippen LogP contribution in [0.25, 0.3) is 10.1 Å². The third-order valence-corrected chi connectivity index (χ3v) is 4.49. The minimum absolute atomic E-state index is 0.439. The Morgan fingerprint density at radius 2 is 2.07 bits per heavy atom. The maximum Gasteiger partial charge on any atom is 0.0345 e. The van der Waals surface area contributed by atoms with Gasteiger partial charge in [0.2, 0.25) is 0 Å². The van der Waals surface area contributed by atoms with Crippen molar-refractivity contribution in [1.82, 2.24) is 0 Å². The van der Waals surface area contributed by atoms with Crippen LogP contribution in [0.4, 0.5) is 0 Å². The van der Waals surface area contributed by atoms with Crippen LogP contribution < -0.4 is 5.73 Å². The summed E-state index contributed by atoms with van der Waals surface area (Å²) >= 11 is 1.87. The monoisotopic (exact) mass is 217 g/mol. The highest BCUT2D eigenvalue weighted by atomic mass is 32.1. The van der Waals surface area contributed by atoms with Crippen LogP contribution in [0.2, 0.25) is 0 Å². The van der Waals surface area contributed by atoms with Crippen molar-refractivity contribution in [3.05, 3.63) is 35.2 Å². The van der Waals surface area contributed by atoms with Crippen LogP contribution >= 0.6 is 11.3 Å². The molecule has 15 heavy (non-hydrogen) atoms. The average molecular weight is 217 g/mol. The quantitative estimate of drug-likeness (QED) is 0.839. The van der Waals surface area contributed by atoms with E-state index in [2.05, 4.69) is 29.6 Å². The third-order valence-electron chi connectivity index (χ3n) is 3.53. The summed E-state index contributed by atoms with van der Waals surface area (Å²) in [5.74, 6) is 0. The first-order valence-corrected chi connectivity index (χ1v) is 6.40. The predicted molar refractivity (Wildman–Crippen MR) is 66.4 cm³/mol. The second-order valence-electron chi connectivity index (χ2n) is 4.46. The molecule has 78 valence electrons. The predicted octanol–water partition coefficient (Wildman–Crippen LogP) is 3.28. The number of fused-ring (bicyclic) bond motifs is 1. The van der Waals surface area contributed by atoms with Crippen LogP contribution in [0.15, 0.2) is 29.6 Å². The molecule has 1 aromatic carbocycles. The summed E-state index contributed by atoms with van der Waals surface area (Å²) in [6, 6.07) is 8.71. The van der Waals surface area contributed by atoms with Gasteiger partial charge >= 0.3 is 0 Å². The number of hydrogen-bond donors (Lipinski definition) is 1. The zero-order valence-corrected chi connectivity index (χ0v) is 9.52. The Balaban J connectivity index is 2.11. The molecule has 0 amide bonds.